The molecule has 17 heavy (non-hydrogen) atoms. The number of aldehydes is 1. The number of fused-ring (bicyclic) bond motifs is 1. The van der Waals surface area contributed by atoms with Crippen LogP contribution in [0.3, 0.4) is 0 Å². The molecule has 0 bridgehead atoms. The van der Waals surface area contributed by atoms with Crippen LogP contribution in [0.25, 0.3) is 0 Å². The molecular formula is C14H18O3. The molecule has 0 saturated heterocycles. The highest BCUT2D eigenvalue weighted by Gasteiger charge is 2.31. The second-order valence-electron chi connectivity index (χ2n) is 5.30. The number of benzene rings is 1. The molecule has 1 aromatic rings. The van der Waals surface area contributed by atoms with E-state index in [-0.39, 0.29) is 11.4 Å². The minimum absolute atomic E-state index is 0.0968. The van der Waals surface area contributed by atoms with Gasteiger partial charge in [0.1, 0.15) is 17.1 Å². The summed E-state index contributed by atoms with van der Waals surface area (Å²) in [6, 6.07) is 0. The van der Waals surface area contributed by atoms with E-state index < -0.39 is 0 Å². The van der Waals surface area contributed by atoms with Gasteiger partial charge in [-0.3, -0.25) is 4.79 Å². The number of carbonyl (C=O) groups is 1. The van der Waals surface area contributed by atoms with Gasteiger partial charge in [-0.15, -0.1) is 0 Å². The van der Waals surface area contributed by atoms with Gasteiger partial charge >= 0.3 is 0 Å². The van der Waals surface area contributed by atoms with Gasteiger partial charge in [-0.1, -0.05) is 0 Å². The zero-order chi connectivity index (χ0) is 12.8. The first-order chi connectivity index (χ1) is 7.87. The minimum Gasteiger partial charge on any atom is -0.507 e. The zero-order valence-corrected chi connectivity index (χ0v) is 10.8. The summed E-state index contributed by atoms with van der Waals surface area (Å²) >= 11 is 0. The average molecular weight is 234 g/mol. The van der Waals surface area contributed by atoms with Gasteiger partial charge in [0.05, 0.1) is 5.56 Å². The van der Waals surface area contributed by atoms with E-state index in [1.54, 1.807) is 0 Å². The molecule has 1 aliphatic rings. The van der Waals surface area contributed by atoms with Crippen LogP contribution in [0.2, 0.25) is 0 Å². The van der Waals surface area contributed by atoms with E-state index in [0.717, 1.165) is 35.3 Å². The Morgan fingerprint density at radius 1 is 1.29 bits per heavy atom. The fraction of sp³-hybridized carbons (Fsp3) is 0.500. The highest BCUT2D eigenvalue weighted by Crippen LogP contribution is 2.42. The van der Waals surface area contributed by atoms with Crippen LogP contribution in [0.1, 0.15) is 47.3 Å². The molecule has 0 unspecified atom stereocenters. The quantitative estimate of drug-likeness (QED) is 0.760. The number of hydrogen-bond donors (Lipinski definition) is 1. The lowest BCUT2D eigenvalue weighted by molar-refractivity contribution is 0.0828. The maximum atomic E-state index is 11.0. The molecule has 0 fully saturated rings. The zero-order valence-electron chi connectivity index (χ0n) is 10.8. The Hall–Kier alpha value is -1.51. The summed E-state index contributed by atoms with van der Waals surface area (Å²) in [7, 11) is 0. The number of ether oxygens (including phenoxy) is 1. The number of aromatic hydroxyl groups is 1. The lowest BCUT2D eigenvalue weighted by Gasteiger charge is -2.35. The van der Waals surface area contributed by atoms with Crippen molar-refractivity contribution in [3.05, 3.63) is 22.3 Å². The van der Waals surface area contributed by atoms with E-state index in [9.17, 15) is 9.90 Å². The van der Waals surface area contributed by atoms with Crippen molar-refractivity contribution in [1.82, 2.24) is 0 Å². The molecule has 1 aromatic carbocycles. The first-order valence-electron chi connectivity index (χ1n) is 5.86. The topological polar surface area (TPSA) is 46.5 Å². The van der Waals surface area contributed by atoms with Gasteiger partial charge in [-0.05, 0) is 46.1 Å². The van der Waals surface area contributed by atoms with Gasteiger partial charge in [-0.25, -0.2) is 0 Å². The molecule has 0 amide bonds. The van der Waals surface area contributed by atoms with Crippen LogP contribution in [0.15, 0.2) is 0 Å². The molecule has 0 saturated carbocycles. The molecule has 3 nitrogen and oxygen atoms in total. The van der Waals surface area contributed by atoms with Crippen LogP contribution < -0.4 is 4.74 Å². The molecule has 1 heterocycles. The molecule has 2 rings (SSSR count). The Kier molecular flexibility index (Phi) is 2.64. The molecule has 0 aliphatic carbocycles. The number of phenols is 1. The smallest absolute Gasteiger partial charge is 0.154 e. The Morgan fingerprint density at radius 3 is 2.53 bits per heavy atom. The SMILES string of the molecule is Cc1c(O)c(C=O)c(C)c2c1CCC(C)(C)O2. The van der Waals surface area contributed by atoms with E-state index in [4.69, 9.17) is 4.74 Å². The third kappa shape index (κ3) is 1.79. The highest BCUT2D eigenvalue weighted by molar-refractivity contribution is 5.84. The maximum Gasteiger partial charge on any atom is 0.154 e. The van der Waals surface area contributed by atoms with Gasteiger partial charge in [0.2, 0.25) is 0 Å². The van der Waals surface area contributed by atoms with Crippen molar-refractivity contribution in [2.75, 3.05) is 0 Å². The van der Waals surface area contributed by atoms with Gasteiger partial charge in [0.15, 0.2) is 6.29 Å². The van der Waals surface area contributed by atoms with Crippen molar-refractivity contribution in [2.45, 2.75) is 46.1 Å². The Balaban J connectivity index is 2.69. The molecule has 0 aromatic heterocycles. The number of hydrogen-bond acceptors (Lipinski definition) is 3. The van der Waals surface area contributed by atoms with E-state index in [1.165, 1.54) is 0 Å². The number of carbonyl (C=O) groups excluding carboxylic acids is 1. The number of rotatable bonds is 1. The molecular weight excluding hydrogens is 216 g/mol. The monoisotopic (exact) mass is 234 g/mol. The standard InChI is InChI=1S/C14H18O3/c1-8-10-5-6-14(3,4)17-13(10)9(2)11(7-15)12(8)16/h7,16H,5-6H2,1-4H3. The van der Waals surface area contributed by atoms with Crippen molar-refractivity contribution in [3.63, 3.8) is 0 Å². The molecule has 0 spiro atoms. The summed E-state index contributed by atoms with van der Waals surface area (Å²) < 4.78 is 5.96. The highest BCUT2D eigenvalue weighted by atomic mass is 16.5. The van der Waals surface area contributed by atoms with Crippen LogP contribution in [0, 0.1) is 13.8 Å². The molecule has 1 N–H and O–H groups in total. The Morgan fingerprint density at radius 2 is 1.94 bits per heavy atom. The summed E-state index contributed by atoms with van der Waals surface area (Å²) in [6.45, 7) is 7.74. The Bertz CT molecular complexity index is 487. The summed E-state index contributed by atoms with van der Waals surface area (Å²) in [4.78, 5) is 11.0. The molecule has 0 atom stereocenters. The first-order valence-corrected chi connectivity index (χ1v) is 5.86. The summed E-state index contributed by atoms with van der Waals surface area (Å²) in [5.41, 5.74) is 2.68. The average Bonchev–Trinajstić information content (AvgIpc) is 2.26. The molecule has 1 aliphatic heterocycles. The van der Waals surface area contributed by atoms with Gasteiger partial charge in [0, 0.05) is 11.1 Å². The second-order valence-corrected chi connectivity index (χ2v) is 5.30. The molecule has 0 radical (unpaired) electrons. The molecule has 92 valence electrons. The summed E-state index contributed by atoms with van der Waals surface area (Å²) in [5, 5.41) is 9.98. The third-order valence-corrected chi connectivity index (χ3v) is 3.55. The second kappa shape index (κ2) is 3.76. The summed E-state index contributed by atoms with van der Waals surface area (Å²) in [5.74, 6) is 0.873. The van der Waals surface area contributed by atoms with Crippen LogP contribution in [-0.4, -0.2) is 17.0 Å². The first kappa shape index (κ1) is 12.0. The largest absolute Gasteiger partial charge is 0.507 e. The van der Waals surface area contributed by atoms with Crippen molar-refractivity contribution in [2.24, 2.45) is 0 Å². The van der Waals surface area contributed by atoms with Crippen molar-refractivity contribution in [3.8, 4) is 11.5 Å². The van der Waals surface area contributed by atoms with E-state index >= 15 is 0 Å². The van der Waals surface area contributed by atoms with Crippen LogP contribution >= 0.6 is 0 Å². The predicted molar refractivity (Wildman–Crippen MR) is 66.0 cm³/mol. The van der Waals surface area contributed by atoms with Crippen LogP contribution in [0.5, 0.6) is 11.5 Å². The Labute approximate surface area is 101 Å². The normalized spacial score (nSPS) is 17.2. The van der Waals surface area contributed by atoms with E-state index in [2.05, 4.69) is 0 Å². The third-order valence-electron chi connectivity index (χ3n) is 3.55. The maximum absolute atomic E-state index is 11.0. The predicted octanol–water partition coefficient (Wildman–Crippen LogP) is 2.93. The lowest BCUT2D eigenvalue weighted by Crippen LogP contribution is -2.33. The van der Waals surface area contributed by atoms with Crippen molar-refractivity contribution in [1.29, 1.82) is 0 Å². The van der Waals surface area contributed by atoms with Crippen LogP contribution in [0.4, 0.5) is 0 Å². The van der Waals surface area contributed by atoms with Gasteiger partial charge < -0.3 is 9.84 Å². The van der Waals surface area contributed by atoms with Gasteiger partial charge in [-0.2, -0.15) is 0 Å². The number of phenolic OH excluding ortho intramolecular Hbond substituents is 1. The lowest BCUT2D eigenvalue weighted by atomic mass is 9.88. The van der Waals surface area contributed by atoms with Crippen LogP contribution in [-0.2, 0) is 6.42 Å². The van der Waals surface area contributed by atoms with Gasteiger partial charge in [0.25, 0.3) is 0 Å². The van der Waals surface area contributed by atoms with E-state index in [0.29, 0.717) is 11.8 Å². The van der Waals surface area contributed by atoms with Crippen molar-refractivity contribution < 1.29 is 14.6 Å². The van der Waals surface area contributed by atoms with E-state index in [1.807, 2.05) is 27.7 Å². The summed E-state index contributed by atoms with van der Waals surface area (Å²) in [6.07, 6.45) is 2.49. The minimum atomic E-state index is -0.207. The fourth-order valence-electron chi connectivity index (χ4n) is 2.38. The molecule has 3 heteroatoms. The fourth-order valence-corrected chi connectivity index (χ4v) is 2.38. The van der Waals surface area contributed by atoms with Crippen molar-refractivity contribution >= 4 is 6.29 Å².